The largest absolute Gasteiger partial charge is 0.355 e. The van der Waals surface area contributed by atoms with Gasteiger partial charge in [-0.05, 0) is 57.8 Å². The molecule has 0 bridgehead atoms. The van der Waals surface area contributed by atoms with Crippen molar-refractivity contribution in [1.82, 2.24) is 34.7 Å². The van der Waals surface area contributed by atoms with Crippen molar-refractivity contribution in [2.45, 2.75) is 45.1 Å². The van der Waals surface area contributed by atoms with E-state index < -0.39 is 0 Å². The molecule has 3 aromatic heterocycles. The number of hydrogen-bond donors (Lipinski definition) is 0. The van der Waals surface area contributed by atoms with Crippen LogP contribution in [0.3, 0.4) is 0 Å². The van der Waals surface area contributed by atoms with Crippen LogP contribution in [0, 0.1) is 6.92 Å². The van der Waals surface area contributed by atoms with Crippen LogP contribution in [-0.4, -0.2) is 60.9 Å². The zero-order valence-electron chi connectivity index (χ0n) is 16.3. The van der Waals surface area contributed by atoms with Crippen molar-refractivity contribution in [3.05, 3.63) is 41.7 Å². The molecule has 0 atom stereocenters. The summed E-state index contributed by atoms with van der Waals surface area (Å²) in [7, 11) is 0. The Labute approximate surface area is 164 Å². The fourth-order valence-corrected chi connectivity index (χ4v) is 4.32. The third kappa shape index (κ3) is 3.32. The van der Waals surface area contributed by atoms with Gasteiger partial charge in [-0.2, -0.15) is 4.52 Å². The van der Waals surface area contributed by atoms with Crippen LogP contribution in [0.1, 0.15) is 48.8 Å². The molecular formula is C20H26N8. The van der Waals surface area contributed by atoms with E-state index in [4.69, 9.17) is 5.10 Å². The molecular weight excluding hydrogens is 352 g/mol. The summed E-state index contributed by atoms with van der Waals surface area (Å²) >= 11 is 0. The molecule has 28 heavy (non-hydrogen) atoms. The van der Waals surface area contributed by atoms with E-state index in [2.05, 4.69) is 36.0 Å². The number of hydrogen-bond acceptors (Lipinski definition) is 7. The molecule has 0 saturated carbocycles. The molecule has 5 rings (SSSR count). The van der Waals surface area contributed by atoms with Crippen LogP contribution in [0.2, 0.25) is 0 Å². The zero-order chi connectivity index (χ0) is 18.9. The molecule has 2 saturated heterocycles. The van der Waals surface area contributed by atoms with Gasteiger partial charge < -0.3 is 4.90 Å². The maximum Gasteiger partial charge on any atom is 0.178 e. The van der Waals surface area contributed by atoms with Crippen LogP contribution in [0.5, 0.6) is 0 Å². The van der Waals surface area contributed by atoms with Gasteiger partial charge in [-0.15, -0.1) is 15.3 Å². The fraction of sp³-hybridized carbons (Fsp3) is 0.550. The highest BCUT2D eigenvalue weighted by Crippen LogP contribution is 2.28. The Morgan fingerprint density at radius 3 is 2.54 bits per heavy atom. The first-order chi connectivity index (χ1) is 13.8. The summed E-state index contributed by atoms with van der Waals surface area (Å²) in [6, 6.07) is 4.12. The summed E-state index contributed by atoms with van der Waals surface area (Å²) in [5.41, 5.74) is 2.94. The highest BCUT2D eigenvalue weighted by Gasteiger charge is 2.26. The molecule has 0 amide bonds. The molecule has 5 heterocycles. The fourth-order valence-electron chi connectivity index (χ4n) is 4.32. The Kier molecular flexibility index (Phi) is 4.64. The number of anilines is 1. The molecule has 8 heteroatoms. The molecule has 8 nitrogen and oxygen atoms in total. The lowest BCUT2D eigenvalue weighted by atomic mass is 9.96. The van der Waals surface area contributed by atoms with Crippen molar-refractivity contribution in [2.24, 2.45) is 0 Å². The van der Waals surface area contributed by atoms with Gasteiger partial charge in [0.15, 0.2) is 11.5 Å². The van der Waals surface area contributed by atoms with Crippen LogP contribution in [0.15, 0.2) is 24.5 Å². The second kappa shape index (κ2) is 7.43. The van der Waals surface area contributed by atoms with E-state index in [1.807, 2.05) is 17.5 Å². The van der Waals surface area contributed by atoms with Gasteiger partial charge in [0.1, 0.15) is 5.82 Å². The molecule has 2 aliphatic rings. The summed E-state index contributed by atoms with van der Waals surface area (Å²) in [6.07, 6.45) is 8.16. The smallest absolute Gasteiger partial charge is 0.178 e. The van der Waals surface area contributed by atoms with Crippen molar-refractivity contribution in [3.63, 3.8) is 0 Å². The van der Waals surface area contributed by atoms with Gasteiger partial charge >= 0.3 is 0 Å². The van der Waals surface area contributed by atoms with E-state index in [-0.39, 0.29) is 0 Å². The number of piperidine rings is 1. The summed E-state index contributed by atoms with van der Waals surface area (Å²) in [4.78, 5) is 13.7. The quantitative estimate of drug-likeness (QED) is 0.689. The SMILES string of the molecule is Cc1nccnc1CN1CCC(c2nnc3ccc(N4CCCC4)nn23)CC1. The number of likely N-dealkylation sites (tertiary alicyclic amines) is 1. The molecule has 0 N–H and O–H groups in total. The Morgan fingerprint density at radius 1 is 0.964 bits per heavy atom. The van der Waals surface area contributed by atoms with Crippen molar-refractivity contribution in [2.75, 3.05) is 31.1 Å². The van der Waals surface area contributed by atoms with Gasteiger partial charge in [-0.25, -0.2) is 0 Å². The van der Waals surface area contributed by atoms with Crippen molar-refractivity contribution in [3.8, 4) is 0 Å². The molecule has 146 valence electrons. The number of aromatic nitrogens is 6. The number of aryl methyl sites for hydroxylation is 1. The third-order valence-corrected chi connectivity index (χ3v) is 6.01. The molecule has 2 fully saturated rings. The normalized spacial score (nSPS) is 19.0. The third-order valence-electron chi connectivity index (χ3n) is 6.01. The first kappa shape index (κ1) is 17.5. The predicted molar refractivity (Wildman–Crippen MR) is 106 cm³/mol. The number of nitrogens with zero attached hydrogens (tertiary/aromatic N) is 8. The minimum Gasteiger partial charge on any atom is -0.355 e. The minimum atomic E-state index is 0.399. The highest BCUT2D eigenvalue weighted by molar-refractivity contribution is 5.46. The lowest BCUT2D eigenvalue weighted by Crippen LogP contribution is -2.33. The van der Waals surface area contributed by atoms with Gasteiger partial charge in [0.25, 0.3) is 0 Å². The first-order valence-corrected chi connectivity index (χ1v) is 10.2. The average Bonchev–Trinajstić information content (AvgIpc) is 3.40. The van der Waals surface area contributed by atoms with Gasteiger partial charge in [-0.3, -0.25) is 14.9 Å². The lowest BCUT2D eigenvalue weighted by Gasteiger charge is -2.30. The van der Waals surface area contributed by atoms with Crippen molar-refractivity contribution < 1.29 is 0 Å². The predicted octanol–water partition coefficient (Wildman–Crippen LogP) is 2.20. The first-order valence-electron chi connectivity index (χ1n) is 10.2. The second-order valence-corrected chi connectivity index (χ2v) is 7.85. The van der Waals surface area contributed by atoms with Gasteiger partial charge in [0.2, 0.25) is 0 Å². The van der Waals surface area contributed by atoms with E-state index in [9.17, 15) is 0 Å². The molecule has 0 aromatic carbocycles. The standard InChI is InChI=1S/C20H26N8/c1-15-17(22-9-8-21-15)14-26-12-6-16(7-13-26)20-24-23-18-4-5-19(25-28(18)20)27-10-2-3-11-27/h4-5,8-9,16H,2-3,6-7,10-14H2,1H3. The molecule has 0 spiro atoms. The second-order valence-electron chi connectivity index (χ2n) is 7.85. The van der Waals surface area contributed by atoms with Crippen LogP contribution >= 0.6 is 0 Å². The Balaban J connectivity index is 1.30. The topological polar surface area (TPSA) is 75.3 Å². The molecule has 0 radical (unpaired) electrons. The Bertz CT molecular complexity index is 954. The Morgan fingerprint density at radius 2 is 1.75 bits per heavy atom. The monoisotopic (exact) mass is 378 g/mol. The molecule has 3 aromatic rings. The summed E-state index contributed by atoms with van der Waals surface area (Å²) in [5.74, 6) is 2.45. The van der Waals surface area contributed by atoms with E-state index in [0.29, 0.717) is 5.92 Å². The Hall–Kier alpha value is -2.61. The van der Waals surface area contributed by atoms with Gasteiger partial charge in [0.05, 0.1) is 11.4 Å². The lowest BCUT2D eigenvalue weighted by molar-refractivity contribution is 0.198. The van der Waals surface area contributed by atoms with Gasteiger partial charge in [-0.1, -0.05) is 0 Å². The average molecular weight is 378 g/mol. The van der Waals surface area contributed by atoms with E-state index in [1.165, 1.54) is 12.8 Å². The molecule has 0 aliphatic carbocycles. The van der Waals surface area contributed by atoms with E-state index in [0.717, 1.165) is 74.2 Å². The van der Waals surface area contributed by atoms with Crippen LogP contribution < -0.4 is 4.90 Å². The molecule has 2 aliphatic heterocycles. The number of rotatable bonds is 4. The summed E-state index contributed by atoms with van der Waals surface area (Å²) in [6.45, 7) is 7.14. The molecule has 0 unspecified atom stereocenters. The van der Waals surface area contributed by atoms with E-state index >= 15 is 0 Å². The van der Waals surface area contributed by atoms with Crippen molar-refractivity contribution in [1.29, 1.82) is 0 Å². The zero-order valence-corrected chi connectivity index (χ0v) is 16.3. The van der Waals surface area contributed by atoms with Crippen LogP contribution in [-0.2, 0) is 6.54 Å². The van der Waals surface area contributed by atoms with Crippen LogP contribution in [0.4, 0.5) is 5.82 Å². The van der Waals surface area contributed by atoms with E-state index in [1.54, 1.807) is 12.4 Å². The van der Waals surface area contributed by atoms with Crippen LogP contribution in [0.25, 0.3) is 5.65 Å². The van der Waals surface area contributed by atoms with Crippen molar-refractivity contribution >= 4 is 11.5 Å². The maximum atomic E-state index is 4.88. The number of fused-ring (bicyclic) bond motifs is 1. The minimum absolute atomic E-state index is 0.399. The maximum absolute atomic E-state index is 4.88. The summed E-state index contributed by atoms with van der Waals surface area (Å²) in [5, 5.41) is 13.7. The summed E-state index contributed by atoms with van der Waals surface area (Å²) < 4.78 is 1.97. The van der Waals surface area contributed by atoms with Gasteiger partial charge in [0, 0.05) is 37.9 Å². The highest BCUT2D eigenvalue weighted by atomic mass is 15.4.